The molecule has 1 aromatic heterocycles. The number of amides is 1. The molecule has 0 unspecified atom stereocenters. The molecule has 0 aliphatic rings. The lowest BCUT2D eigenvalue weighted by molar-refractivity contribution is 0.0954. The molecule has 1 rings (SSSR count). The summed E-state index contributed by atoms with van der Waals surface area (Å²) in [6.07, 6.45) is 1.09. The first-order valence-corrected chi connectivity index (χ1v) is 10.8. The second-order valence-electron chi connectivity index (χ2n) is 5.18. The van der Waals surface area contributed by atoms with Crippen molar-refractivity contribution in [3.05, 3.63) is 15.8 Å². The summed E-state index contributed by atoms with van der Waals surface area (Å²) in [6.45, 7) is 4.45. The fourth-order valence-corrected chi connectivity index (χ4v) is 4.24. The predicted molar refractivity (Wildman–Crippen MR) is 83.4 cm³/mol. The highest BCUT2D eigenvalue weighted by atomic mass is 35.7. The highest BCUT2D eigenvalue weighted by Gasteiger charge is 2.31. The number of hydrogen-bond acceptors (Lipinski definition) is 6. The average Bonchev–Trinajstić information content (AvgIpc) is 2.66. The van der Waals surface area contributed by atoms with E-state index in [9.17, 15) is 21.6 Å². The van der Waals surface area contributed by atoms with Crippen LogP contribution in [0.3, 0.4) is 0 Å². The third kappa shape index (κ3) is 4.41. The standard InChI is InChI=1S/C11H16ClNO5S3/c1-7-9(21(12,17)18)5-8(19-7)10(14)13-6-11(2,3)20(4,15)16/h5H,6H2,1-4H3,(H,13,14). The number of hydrogen-bond donors (Lipinski definition) is 1. The summed E-state index contributed by atoms with van der Waals surface area (Å²) >= 11 is 0.982. The Labute approximate surface area is 132 Å². The number of aryl methyl sites for hydroxylation is 1. The predicted octanol–water partition coefficient (Wildman–Crippen LogP) is 1.54. The monoisotopic (exact) mass is 373 g/mol. The Bertz CT molecular complexity index is 762. The highest BCUT2D eigenvalue weighted by Crippen LogP contribution is 2.28. The SMILES string of the molecule is Cc1sc(C(=O)NCC(C)(C)S(C)(=O)=O)cc1S(=O)(=O)Cl. The van der Waals surface area contributed by atoms with Crippen LogP contribution in [0.25, 0.3) is 0 Å². The number of halogens is 1. The van der Waals surface area contributed by atoms with E-state index in [1.54, 1.807) is 0 Å². The minimum absolute atomic E-state index is 0.0788. The molecule has 0 radical (unpaired) electrons. The van der Waals surface area contributed by atoms with Crippen LogP contribution >= 0.6 is 22.0 Å². The number of rotatable bonds is 5. The first kappa shape index (κ1) is 18.4. The molecule has 1 amide bonds. The molecule has 0 aliphatic carbocycles. The zero-order chi connectivity index (χ0) is 16.6. The van der Waals surface area contributed by atoms with Gasteiger partial charge in [-0.1, -0.05) is 0 Å². The Morgan fingerprint density at radius 2 is 1.86 bits per heavy atom. The van der Waals surface area contributed by atoms with Crippen molar-refractivity contribution in [1.29, 1.82) is 0 Å². The van der Waals surface area contributed by atoms with Crippen LogP contribution in [0.2, 0.25) is 0 Å². The first-order chi connectivity index (χ1) is 9.25. The van der Waals surface area contributed by atoms with Gasteiger partial charge in [-0.3, -0.25) is 4.79 Å². The third-order valence-electron chi connectivity index (χ3n) is 3.04. The summed E-state index contributed by atoms with van der Waals surface area (Å²) < 4.78 is 44.6. The van der Waals surface area contributed by atoms with E-state index in [0.717, 1.165) is 17.6 Å². The molecular formula is C11H16ClNO5S3. The van der Waals surface area contributed by atoms with Gasteiger partial charge in [0.25, 0.3) is 15.0 Å². The van der Waals surface area contributed by atoms with Crippen molar-refractivity contribution in [2.45, 2.75) is 30.4 Å². The van der Waals surface area contributed by atoms with E-state index in [1.807, 2.05) is 0 Å². The van der Waals surface area contributed by atoms with Gasteiger partial charge in [-0.25, -0.2) is 16.8 Å². The van der Waals surface area contributed by atoms with Crippen molar-refractivity contribution < 1.29 is 21.6 Å². The Kier molecular flexibility index (Phi) is 5.14. The first-order valence-electron chi connectivity index (χ1n) is 5.78. The second kappa shape index (κ2) is 5.86. The second-order valence-corrected chi connectivity index (χ2v) is 11.6. The lowest BCUT2D eigenvalue weighted by Crippen LogP contribution is -2.43. The van der Waals surface area contributed by atoms with Crippen LogP contribution in [0.5, 0.6) is 0 Å². The maximum Gasteiger partial charge on any atom is 0.262 e. The van der Waals surface area contributed by atoms with E-state index in [4.69, 9.17) is 10.7 Å². The number of carbonyl (C=O) groups excluding carboxylic acids is 1. The summed E-state index contributed by atoms with van der Waals surface area (Å²) in [6, 6.07) is 1.19. The summed E-state index contributed by atoms with van der Waals surface area (Å²) in [4.78, 5) is 12.4. The van der Waals surface area contributed by atoms with Crippen molar-refractivity contribution in [3.8, 4) is 0 Å². The van der Waals surface area contributed by atoms with Gasteiger partial charge in [-0.05, 0) is 26.8 Å². The molecule has 0 saturated heterocycles. The van der Waals surface area contributed by atoms with E-state index >= 15 is 0 Å². The van der Waals surface area contributed by atoms with Crippen molar-refractivity contribution in [2.75, 3.05) is 12.8 Å². The molecule has 1 N–H and O–H groups in total. The number of sulfone groups is 1. The van der Waals surface area contributed by atoms with Crippen molar-refractivity contribution in [3.63, 3.8) is 0 Å². The van der Waals surface area contributed by atoms with Gasteiger partial charge in [0.2, 0.25) is 0 Å². The smallest absolute Gasteiger partial charge is 0.262 e. The van der Waals surface area contributed by atoms with Gasteiger partial charge < -0.3 is 5.32 Å². The van der Waals surface area contributed by atoms with Gasteiger partial charge in [0.05, 0.1) is 14.5 Å². The van der Waals surface area contributed by atoms with Crippen LogP contribution in [0, 0.1) is 6.92 Å². The molecule has 0 aliphatic heterocycles. The van der Waals surface area contributed by atoms with E-state index in [1.165, 1.54) is 26.8 Å². The van der Waals surface area contributed by atoms with E-state index in [2.05, 4.69) is 5.32 Å². The molecule has 0 bridgehead atoms. The summed E-state index contributed by atoms with van der Waals surface area (Å²) in [5.74, 6) is -0.536. The Hall–Kier alpha value is -0.640. The number of carbonyl (C=O) groups is 1. The number of nitrogens with one attached hydrogen (secondary N) is 1. The van der Waals surface area contributed by atoms with Crippen LogP contribution in [0.1, 0.15) is 28.4 Å². The maximum absolute atomic E-state index is 12.0. The van der Waals surface area contributed by atoms with E-state index in [0.29, 0.717) is 4.88 Å². The largest absolute Gasteiger partial charge is 0.350 e. The molecule has 10 heteroatoms. The molecule has 0 fully saturated rings. The number of thiophene rings is 1. The van der Waals surface area contributed by atoms with Crippen molar-refractivity contribution in [1.82, 2.24) is 5.32 Å². The van der Waals surface area contributed by atoms with Crippen LogP contribution in [-0.4, -0.2) is 40.3 Å². The van der Waals surface area contributed by atoms with E-state index < -0.39 is 29.5 Å². The quantitative estimate of drug-likeness (QED) is 0.789. The Morgan fingerprint density at radius 3 is 2.24 bits per heavy atom. The molecule has 0 aromatic carbocycles. The van der Waals surface area contributed by atoms with Gasteiger partial charge in [0, 0.05) is 28.4 Å². The Morgan fingerprint density at radius 1 is 1.33 bits per heavy atom. The van der Waals surface area contributed by atoms with Gasteiger partial charge in [0.1, 0.15) is 0 Å². The molecule has 0 saturated carbocycles. The fraction of sp³-hybridized carbons (Fsp3) is 0.545. The molecule has 1 heterocycles. The van der Waals surface area contributed by atoms with Crippen LogP contribution < -0.4 is 5.32 Å². The highest BCUT2D eigenvalue weighted by molar-refractivity contribution is 8.13. The summed E-state index contributed by atoms with van der Waals surface area (Å²) in [5.41, 5.74) is 0. The molecule has 0 atom stereocenters. The normalized spacial score (nSPS) is 13.2. The maximum atomic E-state index is 12.0. The minimum Gasteiger partial charge on any atom is -0.350 e. The molecule has 0 spiro atoms. The lowest BCUT2D eigenvalue weighted by Gasteiger charge is -2.22. The van der Waals surface area contributed by atoms with Gasteiger partial charge in [0.15, 0.2) is 9.84 Å². The van der Waals surface area contributed by atoms with Crippen LogP contribution in [-0.2, 0) is 18.9 Å². The molecular weight excluding hydrogens is 358 g/mol. The summed E-state index contributed by atoms with van der Waals surface area (Å²) in [7, 11) is -1.98. The average molecular weight is 374 g/mol. The molecule has 1 aromatic rings. The molecule has 6 nitrogen and oxygen atoms in total. The molecule has 21 heavy (non-hydrogen) atoms. The van der Waals surface area contributed by atoms with Crippen LogP contribution in [0.4, 0.5) is 0 Å². The molecule has 120 valence electrons. The zero-order valence-electron chi connectivity index (χ0n) is 11.9. The van der Waals surface area contributed by atoms with Crippen molar-refractivity contribution in [2.24, 2.45) is 0 Å². The van der Waals surface area contributed by atoms with Gasteiger partial charge in [-0.2, -0.15) is 0 Å². The Balaban J connectivity index is 2.93. The van der Waals surface area contributed by atoms with Gasteiger partial charge in [-0.15, -0.1) is 11.3 Å². The van der Waals surface area contributed by atoms with Crippen LogP contribution in [0.15, 0.2) is 11.0 Å². The van der Waals surface area contributed by atoms with E-state index in [-0.39, 0.29) is 16.3 Å². The van der Waals surface area contributed by atoms with Gasteiger partial charge >= 0.3 is 0 Å². The summed E-state index contributed by atoms with van der Waals surface area (Å²) in [5, 5.41) is 2.49. The third-order valence-corrected chi connectivity index (χ3v) is 7.82. The fourth-order valence-electron chi connectivity index (χ4n) is 1.33. The van der Waals surface area contributed by atoms with Crippen molar-refractivity contribution >= 4 is 46.8 Å². The lowest BCUT2D eigenvalue weighted by atomic mass is 10.2. The minimum atomic E-state index is -3.91. The zero-order valence-corrected chi connectivity index (χ0v) is 15.1. The topological polar surface area (TPSA) is 97.4 Å².